The van der Waals surface area contributed by atoms with Crippen LogP contribution in [0.15, 0.2) is 43.0 Å². The van der Waals surface area contributed by atoms with Crippen LogP contribution in [0.5, 0.6) is 0 Å². The van der Waals surface area contributed by atoms with Gasteiger partial charge in [-0.05, 0) is 25.5 Å². The molecular formula is C13H19N. The number of likely N-dealkylation sites (N-methyl/N-ethyl adjacent to an activating group) is 1. The molecule has 1 heteroatoms. The van der Waals surface area contributed by atoms with Gasteiger partial charge in [-0.25, -0.2) is 0 Å². The molecule has 0 heterocycles. The summed E-state index contributed by atoms with van der Waals surface area (Å²) in [5.74, 6) is 0. The van der Waals surface area contributed by atoms with Crippen molar-refractivity contribution in [3.63, 3.8) is 0 Å². The molecule has 0 aromatic heterocycles. The molecule has 1 unspecified atom stereocenters. The Morgan fingerprint density at radius 3 is 2.36 bits per heavy atom. The molecule has 0 saturated heterocycles. The Bertz CT molecular complexity index is 266. The minimum atomic E-state index is 0.447. The SMILES string of the molecule is C=CC(CC)N(CC)c1ccccc1. The molecule has 14 heavy (non-hydrogen) atoms. The molecule has 0 fully saturated rings. The van der Waals surface area contributed by atoms with Crippen LogP contribution < -0.4 is 4.90 Å². The summed E-state index contributed by atoms with van der Waals surface area (Å²) < 4.78 is 0. The molecule has 1 nitrogen and oxygen atoms in total. The summed E-state index contributed by atoms with van der Waals surface area (Å²) in [6.45, 7) is 9.28. The van der Waals surface area contributed by atoms with Gasteiger partial charge in [0.25, 0.3) is 0 Å². The van der Waals surface area contributed by atoms with Gasteiger partial charge in [0.1, 0.15) is 0 Å². The molecule has 0 bridgehead atoms. The summed E-state index contributed by atoms with van der Waals surface area (Å²) in [6, 6.07) is 10.9. The van der Waals surface area contributed by atoms with Gasteiger partial charge in [0.15, 0.2) is 0 Å². The molecule has 1 atom stereocenters. The summed E-state index contributed by atoms with van der Waals surface area (Å²) in [7, 11) is 0. The van der Waals surface area contributed by atoms with Gasteiger partial charge in [-0.15, -0.1) is 6.58 Å². The number of anilines is 1. The normalized spacial score (nSPS) is 12.1. The van der Waals surface area contributed by atoms with Crippen molar-refractivity contribution >= 4 is 5.69 Å². The topological polar surface area (TPSA) is 3.24 Å². The van der Waals surface area contributed by atoms with E-state index in [-0.39, 0.29) is 0 Å². The highest BCUT2D eigenvalue weighted by atomic mass is 15.1. The molecule has 1 rings (SSSR count). The summed E-state index contributed by atoms with van der Waals surface area (Å²) in [6.07, 6.45) is 3.13. The smallest absolute Gasteiger partial charge is 0.0467 e. The van der Waals surface area contributed by atoms with Crippen LogP contribution in [0.2, 0.25) is 0 Å². The van der Waals surface area contributed by atoms with Crippen molar-refractivity contribution in [3.8, 4) is 0 Å². The third-order valence-electron chi connectivity index (χ3n) is 2.52. The Balaban J connectivity index is 2.86. The highest BCUT2D eigenvalue weighted by molar-refractivity contribution is 5.47. The number of benzene rings is 1. The highest BCUT2D eigenvalue weighted by Gasteiger charge is 2.11. The van der Waals surface area contributed by atoms with Crippen LogP contribution in [0.1, 0.15) is 20.3 Å². The van der Waals surface area contributed by atoms with E-state index >= 15 is 0 Å². The first-order valence-electron chi connectivity index (χ1n) is 5.27. The lowest BCUT2D eigenvalue weighted by Gasteiger charge is -2.29. The molecule has 0 aliphatic carbocycles. The average molecular weight is 189 g/mol. The van der Waals surface area contributed by atoms with E-state index in [0.29, 0.717) is 6.04 Å². The van der Waals surface area contributed by atoms with Crippen LogP contribution in [-0.4, -0.2) is 12.6 Å². The largest absolute Gasteiger partial charge is 0.365 e. The predicted octanol–water partition coefficient (Wildman–Crippen LogP) is 3.48. The number of nitrogens with zero attached hydrogens (tertiary/aromatic N) is 1. The zero-order valence-electron chi connectivity index (χ0n) is 9.11. The van der Waals surface area contributed by atoms with E-state index in [0.717, 1.165) is 13.0 Å². The maximum atomic E-state index is 3.88. The number of rotatable bonds is 5. The lowest BCUT2D eigenvalue weighted by atomic mass is 10.1. The van der Waals surface area contributed by atoms with Gasteiger partial charge in [0, 0.05) is 18.3 Å². The Hall–Kier alpha value is -1.24. The second-order valence-electron chi connectivity index (χ2n) is 3.33. The third-order valence-corrected chi connectivity index (χ3v) is 2.52. The molecule has 76 valence electrons. The fourth-order valence-electron chi connectivity index (χ4n) is 1.74. The lowest BCUT2D eigenvalue weighted by Crippen LogP contribution is -2.32. The van der Waals surface area contributed by atoms with Crippen LogP contribution in [0.25, 0.3) is 0 Å². The van der Waals surface area contributed by atoms with Crippen molar-refractivity contribution in [1.29, 1.82) is 0 Å². The van der Waals surface area contributed by atoms with Gasteiger partial charge >= 0.3 is 0 Å². The minimum absolute atomic E-state index is 0.447. The van der Waals surface area contributed by atoms with E-state index in [4.69, 9.17) is 0 Å². The standard InChI is InChI=1S/C13H19N/c1-4-12(5-2)14(6-3)13-10-8-7-9-11-13/h4,7-12H,1,5-6H2,2-3H3. The predicted molar refractivity (Wildman–Crippen MR) is 63.7 cm³/mol. The van der Waals surface area contributed by atoms with Crippen molar-refractivity contribution in [2.75, 3.05) is 11.4 Å². The van der Waals surface area contributed by atoms with Gasteiger partial charge in [-0.1, -0.05) is 31.2 Å². The molecule has 1 aromatic carbocycles. The summed E-state index contributed by atoms with van der Waals surface area (Å²) in [5, 5.41) is 0. The Morgan fingerprint density at radius 1 is 1.29 bits per heavy atom. The van der Waals surface area contributed by atoms with Crippen molar-refractivity contribution in [1.82, 2.24) is 0 Å². The van der Waals surface area contributed by atoms with Gasteiger partial charge in [0.05, 0.1) is 0 Å². The van der Waals surface area contributed by atoms with Gasteiger partial charge in [-0.3, -0.25) is 0 Å². The van der Waals surface area contributed by atoms with Crippen molar-refractivity contribution < 1.29 is 0 Å². The van der Waals surface area contributed by atoms with E-state index in [2.05, 4.69) is 49.6 Å². The van der Waals surface area contributed by atoms with Crippen LogP contribution in [-0.2, 0) is 0 Å². The molecule has 0 saturated carbocycles. The first kappa shape index (κ1) is 10.8. The second-order valence-corrected chi connectivity index (χ2v) is 3.33. The van der Waals surface area contributed by atoms with E-state index in [9.17, 15) is 0 Å². The van der Waals surface area contributed by atoms with Crippen LogP contribution in [0, 0.1) is 0 Å². The third kappa shape index (κ3) is 2.38. The molecule has 0 spiro atoms. The number of para-hydroxylation sites is 1. The van der Waals surface area contributed by atoms with E-state index in [1.54, 1.807) is 0 Å². The van der Waals surface area contributed by atoms with E-state index < -0.39 is 0 Å². The van der Waals surface area contributed by atoms with Crippen LogP contribution >= 0.6 is 0 Å². The van der Waals surface area contributed by atoms with Crippen LogP contribution in [0.4, 0.5) is 5.69 Å². The molecule has 0 aliphatic rings. The number of hydrogen-bond acceptors (Lipinski definition) is 1. The molecular weight excluding hydrogens is 170 g/mol. The summed E-state index contributed by atoms with van der Waals surface area (Å²) in [4.78, 5) is 2.37. The zero-order valence-corrected chi connectivity index (χ0v) is 9.11. The van der Waals surface area contributed by atoms with E-state index in [1.807, 2.05) is 12.1 Å². The second kappa shape index (κ2) is 5.48. The van der Waals surface area contributed by atoms with Crippen LogP contribution in [0.3, 0.4) is 0 Å². The minimum Gasteiger partial charge on any atom is -0.365 e. The average Bonchev–Trinajstić information content (AvgIpc) is 2.27. The van der Waals surface area contributed by atoms with Crippen molar-refractivity contribution in [2.24, 2.45) is 0 Å². The maximum absolute atomic E-state index is 3.88. The maximum Gasteiger partial charge on any atom is 0.0467 e. The molecule has 1 aromatic rings. The lowest BCUT2D eigenvalue weighted by molar-refractivity contribution is 0.682. The fraction of sp³-hybridized carbons (Fsp3) is 0.385. The van der Waals surface area contributed by atoms with E-state index in [1.165, 1.54) is 5.69 Å². The molecule has 0 N–H and O–H groups in total. The molecule has 0 radical (unpaired) electrons. The molecule has 0 aliphatic heterocycles. The first-order chi connectivity index (χ1) is 6.83. The zero-order chi connectivity index (χ0) is 10.4. The monoisotopic (exact) mass is 189 g/mol. The number of hydrogen-bond donors (Lipinski definition) is 0. The summed E-state index contributed by atoms with van der Waals surface area (Å²) >= 11 is 0. The Kier molecular flexibility index (Phi) is 4.24. The first-order valence-corrected chi connectivity index (χ1v) is 5.27. The fourth-order valence-corrected chi connectivity index (χ4v) is 1.74. The van der Waals surface area contributed by atoms with Gasteiger partial charge in [0.2, 0.25) is 0 Å². The van der Waals surface area contributed by atoms with Crippen molar-refractivity contribution in [2.45, 2.75) is 26.3 Å². The highest BCUT2D eigenvalue weighted by Crippen LogP contribution is 2.18. The molecule has 0 amide bonds. The Morgan fingerprint density at radius 2 is 1.93 bits per heavy atom. The summed E-state index contributed by atoms with van der Waals surface area (Å²) in [5.41, 5.74) is 1.28. The Labute approximate surface area is 87.1 Å². The van der Waals surface area contributed by atoms with Crippen molar-refractivity contribution in [3.05, 3.63) is 43.0 Å². The van der Waals surface area contributed by atoms with Gasteiger partial charge in [-0.2, -0.15) is 0 Å². The van der Waals surface area contributed by atoms with Gasteiger partial charge < -0.3 is 4.90 Å². The quantitative estimate of drug-likeness (QED) is 0.641.